The van der Waals surface area contributed by atoms with Crippen molar-refractivity contribution in [2.75, 3.05) is 10.6 Å². The Morgan fingerprint density at radius 3 is 2.56 bits per heavy atom. The SMILES string of the molecule is CC(=O)Nc1cc(Oc2ccc3c(c2)CC(C(=O)Nc2cc(CO)cc(C(F)(F)F)c2)CC3)ccn1. The molecule has 3 aromatic rings. The smallest absolute Gasteiger partial charge is 0.416 e. The van der Waals surface area contributed by atoms with E-state index in [0.717, 1.165) is 23.3 Å². The summed E-state index contributed by atoms with van der Waals surface area (Å²) in [5, 5.41) is 14.5. The van der Waals surface area contributed by atoms with Crippen molar-refractivity contribution in [3.63, 3.8) is 0 Å². The molecule has 0 spiro atoms. The first kappa shape index (κ1) is 25.2. The summed E-state index contributed by atoms with van der Waals surface area (Å²) in [6, 6.07) is 11.9. The van der Waals surface area contributed by atoms with Gasteiger partial charge in [0, 0.05) is 30.8 Å². The first-order chi connectivity index (χ1) is 17.1. The highest BCUT2D eigenvalue weighted by atomic mass is 19.4. The molecule has 0 saturated heterocycles. The van der Waals surface area contributed by atoms with Crippen molar-refractivity contribution in [3.05, 3.63) is 77.0 Å². The van der Waals surface area contributed by atoms with Crippen LogP contribution in [0.2, 0.25) is 0 Å². The number of ether oxygens (including phenoxy) is 1. The van der Waals surface area contributed by atoms with Gasteiger partial charge in [0.15, 0.2) is 0 Å². The van der Waals surface area contributed by atoms with Crippen molar-refractivity contribution in [1.29, 1.82) is 0 Å². The number of carbonyl (C=O) groups excluding carboxylic acids is 2. The van der Waals surface area contributed by atoms with Crippen LogP contribution < -0.4 is 15.4 Å². The summed E-state index contributed by atoms with van der Waals surface area (Å²) in [6.07, 6.45) is -1.50. The summed E-state index contributed by atoms with van der Waals surface area (Å²) in [5.74, 6) is 0.295. The minimum absolute atomic E-state index is 0.00517. The standard InChI is InChI=1S/C26H24F3N3O4/c1-15(34)31-24-13-23(6-7-30-24)36-22-5-4-17-2-3-18(10-19(17)11-22)25(35)32-21-9-16(14-33)8-20(12-21)26(27,28)29/h4-9,11-13,18,33H,2-3,10,14H2,1H3,(H,32,35)(H,30,31,34). The molecule has 1 unspecified atom stereocenters. The lowest BCUT2D eigenvalue weighted by molar-refractivity contribution is -0.137. The summed E-state index contributed by atoms with van der Waals surface area (Å²) in [6.45, 7) is 0.806. The summed E-state index contributed by atoms with van der Waals surface area (Å²) < 4.78 is 45.5. The second kappa shape index (κ2) is 10.4. The van der Waals surface area contributed by atoms with Gasteiger partial charge in [-0.05, 0) is 72.4 Å². The molecule has 1 aliphatic rings. The molecular formula is C26H24F3N3O4. The molecule has 0 saturated carbocycles. The fourth-order valence-electron chi connectivity index (χ4n) is 4.14. The molecule has 36 heavy (non-hydrogen) atoms. The van der Waals surface area contributed by atoms with Crippen LogP contribution in [0.5, 0.6) is 11.5 Å². The van der Waals surface area contributed by atoms with Crippen LogP contribution in [-0.2, 0) is 35.2 Å². The number of rotatable bonds is 6. The van der Waals surface area contributed by atoms with Crippen LogP contribution in [0.3, 0.4) is 0 Å². The number of alkyl halides is 3. The maximum Gasteiger partial charge on any atom is 0.416 e. The fraction of sp³-hybridized carbons (Fsp3) is 0.269. The molecule has 188 valence electrons. The lowest BCUT2D eigenvalue weighted by atomic mass is 9.83. The van der Waals surface area contributed by atoms with Gasteiger partial charge < -0.3 is 20.5 Å². The number of carbonyl (C=O) groups is 2. The Morgan fingerprint density at radius 2 is 1.83 bits per heavy atom. The highest BCUT2D eigenvalue weighted by molar-refractivity contribution is 5.93. The van der Waals surface area contributed by atoms with Crippen molar-refractivity contribution in [2.45, 2.75) is 39.0 Å². The minimum atomic E-state index is -4.59. The first-order valence-corrected chi connectivity index (χ1v) is 11.3. The van der Waals surface area contributed by atoms with Gasteiger partial charge in [0.2, 0.25) is 11.8 Å². The summed E-state index contributed by atoms with van der Waals surface area (Å²) in [7, 11) is 0. The van der Waals surface area contributed by atoms with Gasteiger partial charge in [-0.2, -0.15) is 13.2 Å². The van der Waals surface area contributed by atoms with Gasteiger partial charge in [-0.1, -0.05) is 6.07 Å². The molecule has 2 aromatic carbocycles. The van der Waals surface area contributed by atoms with E-state index in [1.165, 1.54) is 19.2 Å². The Labute approximate surface area is 205 Å². The fourth-order valence-corrected chi connectivity index (χ4v) is 4.14. The molecule has 0 radical (unpaired) electrons. The number of fused-ring (bicyclic) bond motifs is 1. The van der Waals surface area contributed by atoms with Crippen LogP contribution in [0.25, 0.3) is 0 Å². The Balaban J connectivity index is 1.47. The third kappa shape index (κ3) is 6.19. The third-order valence-corrected chi connectivity index (χ3v) is 5.82. The van der Waals surface area contributed by atoms with Gasteiger partial charge in [-0.15, -0.1) is 0 Å². The topological polar surface area (TPSA) is 101 Å². The van der Waals surface area contributed by atoms with Gasteiger partial charge in [0.05, 0.1) is 12.2 Å². The second-order valence-electron chi connectivity index (χ2n) is 8.59. The minimum Gasteiger partial charge on any atom is -0.457 e. The maximum absolute atomic E-state index is 13.2. The van der Waals surface area contributed by atoms with E-state index < -0.39 is 24.3 Å². The van der Waals surface area contributed by atoms with Crippen LogP contribution >= 0.6 is 0 Å². The number of benzene rings is 2. The van der Waals surface area contributed by atoms with Crippen molar-refractivity contribution >= 4 is 23.3 Å². The van der Waals surface area contributed by atoms with Crippen molar-refractivity contribution < 1.29 is 32.6 Å². The number of aromatic nitrogens is 1. The number of hydrogen-bond acceptors (Lipinski definition) is 5. The second-order valence-corrected chi connectivity index (χ2v) is 8.59. The quantitative estimate of drug-likeness (QED) is 0.439. The molecule has 10 heteroatoms. The number of anilines is 2. The average molecular weight is 499 g/mol. The van der Waals surface area contributed by atoms with Gasteiger partial charge in [0.25, 0.3) is 0 Å². The number of hydrogen-bond donors (Lipinski definition) is 3. The predicted octanol–water partition coefficient (Wildman–Crippen LogP) is 5.09. The molecule has 2 amide bonds. The van der Waals surface area contributed by atoms with E-state index in [0.29, 0.717) is 36.6 Å². The number of aliphatic hydroxyl groups is 1. The zero-order chi connectivity index (χ0) is 25.9. The van der Waals surface area contributed by atoms with Crippen LogP contribution in [0.4, 0.5) is 24.7 Å². The lowest BCUT2D eigenvalue weighted by Gasteiger charge is -2.24. The third-order valence-electron chi connectivity index (χ3n) is 5.82. The molecule has 0 bridgehead atoms. The summed E-state index contributed by atoms with van der Waals surface area (Å²) in [5.41, 5.74) is 1.11. The van der Waals surface area contributed by atoms with Crippen molar-refractivity contribution in [3.8, 4) is 11.5 Å². The molecule has 1 atom stereocenters. The molecule has 4 rings (SSSR count). The molecule has 1 aromatic heterocycles. The van der Waals surface area contributed by atoms with Crippen LogP contribution in [-0.4, -0.2) is 21.9 Å². The van der Waals surface area contributed by atoms with E-state index in [2.05, 4.69) is 15.6 Å². The van der Waals surface area contributed by atoms with Crippen LogP contribution in [0, 0.1) is 5.92 Å². The molecule has 0 fully saturated rings. The number of amides is 2. The molecule has 3 N–H and O–H groups in total. The summed E-state index contributed by atoms with van der Waals surface area (Å²) >= 11 is 0. The van der Waals surface area contributed by atoms with Gasteiger partial charge in [-0.25, -0.2) is 4.98 Å². The Kier molecular flexibility index (Phi) is 7.25. The van der Waals surface area contributed by atoms with Crippen molar-refractivity contribution in [1.82, 2.24) is 4.98 Å². The predicted molar refractivity (Wildman–Crippen MR) is 127 cm³/mol. The Morgan fingerprint density at radius 1 is 1.06 bits per heavy atom. The molecule has 7 nitrogen and oxygen atoms in total. The van der Waals surface area contributed by atoms with Crippen LogP contribution in [0.1, 0.15) is 35.6 Å². The van der Waals surface area contributed by atoms with Crippen LogP contribution in [0.15, 0.2) is 54.7 Å². The number of nitrogens with one attached hydrogen (secondary N) is 2. The van der Waals surface area contributed by atoms with Gasteiger partial charge in [0.1, 0.15) is 17.3 Å². The molecule has 1 aliphatic carbocycles. The highest BCUT2D eigenvalue weighted by Gasteiger charge is 2.32. The van der Waals surface area contributed by atoms with E-state index in [1.54, 1.807) is 12.1 Å². The Bertz CT molecular complexity index is 1290. The highest BCUT2D eigenvalue weighted by Crippen LogP contribution is 2.34. The van der Waals surface area contributed by atoms with E-state index in [4.69, 9.17) is 4.74 Å². The number of halogens is 3. The number of nitrogens with zero attached hydrogens (tertiary/aromatic N) is 1. The average Bonchev–Trinajstić information content (AvgIpc) is 2.82. The van der Waals surface area contributed by atoms with E-state index in [9.17, 15) is 27.9 Å². The molecule has 1 heterocycles. The molecule has 0 aliphatic heterocycles. The number of aryl methyl sites for hydroxylation is 1. The van der Waals surface area contributed by atoms with E-state index in [1.807, 2.05) is 18.2 Å². The van der Waals surface area contributed by atoms with Crippen molar-refractivity contribution in [2.24, 2.45) is 5.92 Å². The largest absolute Gasteiger partial charge is 0.457 e. The van der Waals surface area contributed by atoms with E-state index in [-0.39, 0.29) is 23.1 Å². The number of aliphatic hydroxyl groups excluding tert-OH is 1. The lowest BCUT2D eigenvalue weighted by Crippen LogP contribution is -2.28. The molecular weight excluding hydrogens is 475 g/mol. The first-order valence-electron chi connectivity index (χ1n) is 11.3. The zero-order valence-corrected chi connectivity index (χ0v) is 19.4. The number of pyridine rings is 1. The van der Waals surface area contributed by atoms with Gasteiger partial charge in [-0.3, -0.25) is 9.59 Å². The maximum atomic E-state index is 13.2. The monoisotopic (exact) mass is 499 g/mol. The normalized spacial score (nSPS) is 15.1. The zero-order valence-electron chi connectivity index (χ0n) is 19.4. The van der Waals surface area contributed by atoms with Gasteiger partial charge >= 0.3 is 6.18 Å². The Hall–Kier alpha value is -3.92. The summed E-state index contributed by atoms with van der Waals surface area (Å²) in [4.78, 5) is 28.2. The van der Waals surface area contributed by atoms with E-state index >= 15 is 0 Å².